The number of thiophene rings is 1. The van der Waals surface area contributed by atoms with Crippen LogP contribution in [0, 0.1) is 6.92 Å². The minimum Gasteiger partial charge on any atom is -0.487 e. The topological polar surface area (TPSA) is 70.8 Å². The molecular formula is C28H29NO5S. The third-order valence-electron chi connectivity index (χ3n) is 5.56. The summed E-state index contributed by atoms with van der Waals surface area (Å²) in [5.74, 6) is 1.70. The summed E-state index contributed by atoms with van der Waals surface area (Å²) in [4.78, 5) is 28.4. The van der Waals surface area contributed by atoms with E-state index in [1.807, 2.05) is 69.3 Å². The van der Waals surface area contributed by atoms with Gasteiger partial charge in [0.1, 0.15) is 29.9 Å². The predicted octanol–water partition coefficient (Wildman–Crippen LogP) is 7.16. The summed E-state index contributed by atoms with van der Waals surface area (Å²) >= 11 is 1.65. The van der Waals surface area contributed by atoms with Gasteiger partial charge in [-0.05, 0) is 62.1 Å². The predicted molar refractivity (Wildman–Crippen MR) is 136 cm³/mol. The molecule has 4 aromatic rings. The molecule has 6 nitrogen and oxygen atoms in total. The fraction of sp³-hybridized carbons (Fsp3) is 0.286. The first-order valence-corrected chi connectivity index (χ1v) is 12.5. The van der Waals surface area contributed by atoms with E-state index in [1.165, 1.54) is 10.4 Å². The summed E-state index contributed by atoms with van der Waals surface area (Å²) < 4.78 is 11.8. The number of aryl methyl sites for hydroxylation is 2. The molecule has 0 spiro atoms. The molecule has 0 saturated heterocycles. The minimum atomic E-state index is -0.371. The van der Waals surface area contributed by atoms with Crippen molar-refractivity contribution in [2.24, 2.45) is 0 Å². The fourth-order valence-corrected chi connectivity index (χ4v) is 4.21. The summed E-state index contributed by atoms with van der Waals surface area (Å²) in [6, 6.07) is 22.0. The number of rotatable bonds is 11. The number of oxazole rings is 1. The van der Waals surface area contributed by atoms with Gasteiger partial charge < -0.3 is 9.15 Å². The van der Waals surface area contributed by atoms with Crippen LogP contribution < -0.4 is 4.74 Å². The van der Waals surface area contributed by atoms with Crippen molar-refractivity contribution in [2.75, 3.05) is 0 Å². The van der Waals surface area contributed by atoms with E-state index >= 15 is 0 Å². The monoisotopic (exact) mass is 491 g/mol. The van der Waals surface area contributed by atoms with Crippen LogP contribution in [0.1, 0.15) is 43.7 Å². The summed E-state index contributed by atoms with van der Waals surface area (Å²) in [7, 11) is 0. The van der Waals surface area contributed by atoms with Crippen molar-refractivity contribution in [1.82, 2.24) is 4.98 Å². The van der Waals surface area contributed by atoms with E-state index in [4.69, 9.17) is 18.9 Å². The minimum absolute atomic E-state index is 0.100. The lowest BCUT2D eigenvalue weighted by molar-refractivity contribution is -0.294. The van der Waals surface area contributed by atoms with Crippen LogP contribution in [0.25, 0.3) is 21.2 Å². The molecule has 182 valence electrons. The molecule has 0 fully saturated rings. The number of carbonyl (C=O) groups is 1. The number of hydrogen-bond donors (Lipinski definition) is 0. The second-order valence-electron chi connectivity index (χ2n) is 8.25. The molecule has 0 radical (unpaired) electrons. The molecule has 2 aromatic heterocycles. The molecule has 1 atom stereocenters. The van der Waals surface area contributed by atoms with Crippen LogP contribution in [0.4, 0.5) is 0 Å². The van der Waals surface area contributed by atoms with Crippen LogP contribution in [0.15, 0.2) is 71.1 Å². The molecule has 4 rings (SSSR count). The van der Waals surface area contributed by atoms with E-state index in [2.05, 4.69) is 23.2 Å². The second kappa shape index (κ2) is 11.8. The Balaban J connectivity index is 1.29. The number of carbonyl (C=O) groups excluding carboxylic acids is 1. The maximum atomic E-state index is 11.8. The summed E-state index contributed by atoms with van der Waals surface area (Å²) in [5, 5.41) is 0. The lowest BCUT2D eigenvalue weighted by atomic mass is 10.1. The second-order valence-corrected chi connectivity index (χ2v) is 9.34. The number of ether oxygens (including phenoxy) is 1. The Morgan fingerprint density at radius 3 is 2.51 bits per heavy atom. The Bertz CT molecular complexity index is 1230. The van der Waals surface area contributed by atoms with E-state index in [1.54, 1.807) is 11.3 Å². The van der Waals surface area contributed by atoms with Crippen molar-refractivity contribution in [1.29, 1.82) is 0 Å². The first-order chi connectivity index (χ1) is 17.0. The van der Waals surface area contributed by atoms with Gasteiger partial charge in [-0.2, -0.15) is 4.89 Å². The Labute approximate surface area is 209 Å². The quantitative estimate of drug-likeness (QED) is 0.164. The largest absolute Gasteiger partial charge is 0.487 e. The first kappa shape index (κ1) is 24.7. The zero-order valence-corrected chi connectivity index (χ0v) is 21.0. The lowest BCUT2D eigenvalue weighted by Crippen LogP contribution is -2.13. The van der Waals surface area contributed by atoms with E-state index in [9.17, 15) is 4.79 Å². The van der Waals surface area contributed by atoms with Gasteiger partial charge >= 0.3 is 5.97 Å². The average molecular weight is 492 g/mol. The van der Waals surface area contributed by atoms with Gasteiger partial charge in [0.25, 0.3) is 0 Å². The summed E-state index contributed by atoms with van der Waals surface area (Å²) in [6.07, 6.45) is 1.51. The highest BCUT2D eigenvalue weighted by Gasteiger charge is 2.15. The van der Waals surface area contributed by atoms with E-state index in [0.29, 0.717) is 18.9 Å². The van der Waals surface area contributed by atoms with Crippen LogP contribution >= 0.6 is 11.3 Å². The fourth-order valence-electron chi connectivity index (χ4n) is 3.27. The van der Waals surface area contributed by atoms with E-state index in [0.717, 1.165) is 34.1 Å². The Morgan fingerprint density at radius 1 is 1.03 bits per heavy atom. The van der Waals surface area contributed by atoms with Gasteiger partial charge in [0.2, 0.25) is 5.89 Å². The number of nitrogens with zero attached hydrogens (tertiary/aromatic N) is 1. The molecule has 7 heteroatoms. The molecule has 1 unspecified atom stereocenters. The number of hydrogen-bond acceptors (Lipinski definition) is 7. The van der Waals surface area contributed by atoms with E-state index in [-0.39, 0.29) is 18.5 Å². The van der Waals surface area contributed by atoms with Crippen LogP contribution in [-0.4, -0.2) is 17.1 Å². The maximum absolute atomic E-state index is 11.8. The number of aromatic nitrogens is 1. The zero-order valence-electron chi connectivity index (χ0n) is 20.2. The molecular weight excluding hydrogens is 462 g/mol. The Morgan fingerprint density at radius 2 is 1.77 bits per heavy atom. The molecule has 2 heterocycles. The van der Waals surface area contributed by atoms with Gasteiger partial charge in [-0.25, -0.2) is 9.78 Å². The zero-order chi connectivity index (χ0) is 24.6. The molecule has 0 amide bonds. The van der Waals surface area contributed by atoms with Crippen LogP contribution in [0.2, 0.25) is 0 Å². The van der Waals surface area contributed by atoms with Gasteiger partial charge in [0.15, 0.2) is 0 Å². The molecule has 0 aliphatic rings. The molecule has 0 aliphatic carbocycles. The highest BCUT2D eigenvalue weighted by molar-refractivity contribution is 7.18. The summed E-state index contributed by atoms with van der Waals surface area (Å²) in [6.45, 7) is 6.03. The lowest BCUT2D eigenvalue weighted by Gasteiger charge is -2.09. The van der Waals surface area contributed by atoms with Gasteiger partial charge in [-0.3, -0.25) is 4.89 Å². The molecule has 0 N–H and O–H groups in total. The maximum Gasteiger partial charge on any atom is 0.342 e. The van der Waals surface area contributed by atoms with Crippen LogP contribution in [0.3, 0.4) is 0 Å². The standard InChI is InChI=1S/C28H29NO5S/c1-4-19(2)33-34-27(30)17-12-21-10-13-23(14-11-21)31-18-24-20(3)32-28(29-24)26-16-15-25(35-26)22-8-6-5-7-9-22/h5-11,13-16,19H,4,12,17-18H2,1-3H3. The highest BCUT2D eigenvalue weighted by atomic mass is 32.1. The van der Waals surface area contributed by atoms with Crippen molar-refractivity contribution < 1.29 is 23.7 Å². The Kier molecular flexibility index (Phi) is 8.34. The normalized spacial score (nSPS) is 11.9. The molecule has 0 bridgehead atoms. The molecule has 0 aliphatic heterocycles. The van der Waals surface area contributed by atoms with Crippen molar-refractivity contribution in [2.45, 2.75) is 52.7 Å². The molecule has 35 heavy (non-hydrogen) atoms. The van der Waals surface area contributed by atoms with Crippen molar-refractivity contribution >= 4 is 17.3 Å². The number of benzene rings is 2. The average Bonchev–Trinajstić information content (AvgIpc) is 3.53. The van der Waals surface area contributed by atoms with Crippen molar-refractivity contribution in [3.8, 4) is 27.0 Å². The van der Waals surface area contributed by atoms with Crippen molar-refractivity contribution in [3.05, 3.63) is 83.7 Å². The molecule has 0 saturated carbocycles. The third kappa shape index (κ3) is 6.81. The van der Waals surface area contributed by atoms with Crippen molar-refractivity contribution in [3.63, 3.8) is 0 Å². The van der Waals surface area contributed by atoms with Crippen LogP contribution in [0.5, 0.6) is 5.75 Å². The van der Waals surface area contributed by atoms with E-state index < -0.39 is 0 Å². The SMILES string of the molecule is CCC(C)OOC(=O)CCc1ccc(OCc2nc(-c3ccc(-c4ccccc4)s3)oc2C)cc1. The van der Waals surface area contributed by atoms with Gasteiger partial charge in [-0.1, -0.05) is 49.4 Å². The van der Waals surface area contributed by atoms with Gasteiger partial charge in [0, 0.05) is 4.88 Å². The highest BCUT2D eigenvalue weighted by Crippen LogP contribution is 2.34. The smallest absolute Gasteiger partial charge is 0.342 e. The molecule has 2 aromatic carbocycles. The van der Waals surface area contributed by atoms with Crippen LogP contribution in [-0.2, 0) is 27.6 Å². The van der Waals surface area contributed by atoms with Gasteiger partial charge in [0.05, 0.1) is 11.3 Å². The Hall–Kier alpha value is -3.42. The first-order valence-electron chi connectivity index (χ1n) is 11.7. The third-order valence-corrected chi connectivity index (χ3v) is 6.69. The summed E-state index contributed by atoms with van der Waals surface area (Å²) in [5.41, 5.74) is 2.96. The van der Waals surface area contributed by atoms with Gasteiger partial charge in [-0.15, -0.1) is 11.3 Å².